The number of pyridine rings is 1. The highest BCUT2D eigenvalue weighted by atomic mass is 19.1. The quantitative estimate of drug-likeness (QED) is 0.893. The van der Waals surface area contributed by atoms with E-state index in [1.54, 1.807) is 24.5 Å². The highest BCUT2D eigenvalue weighted by Crippen LogP contribution is 2.20. The molecule has 1 aliphatic heterocycles. The lowest BCUT2D eigenvalue weighted by atomic mass is 10.0. The van der Waals surface area contributed by atoms with Gasteiger partial charge in [0.05, 0.1) is 11.7 Å². The summed E-state index contributed by atoms with van der Waals surface area (Å²) in [6, 6.07) is 10.5. The molecular weight excluding hydrogens is 319 g/mol. The Morgan fingerprint density at radius 3 is 2.56 bits per heavy atom. The average Bonchev–Trinajstić information content (AvgIpc) is 2.65. The molecule has 1 aromatic carbocycles. The molecule has 2 heterocycles. The number of halogens is 1. The number of aromatic nitrogens is 1. The van der Waals surface area contributed by atoms with Crippen LogP contribution in [0.2, 0.25) is 0 Å². The van der Waals surface area contributed by atoms with Gasteiger partial charge in [0.15, 0.2) is 0 Å². The second kappa shape index (κ2) is 7.96. The van der Waals surface area contributed by atoms with Gasteiger partial charge in [-0.15, -0.1) is 0 Å². The zero-order valence-electron chi connectivity index (χ0n) is 14.3. The Bertz CT molecular complexity index is 702. The van der Waals surface area contributed by atoms with E-state index in [4.69, 9.17) is 0 Å². The van der Waals surface area contributed by atoms with Gasteiger partial charge in [-0.3, -0.25) is 4.98 Å². The number of hydrogen-bond donors (Lipinski definition) is 2. The van der Waals surface area contributed by atoms with E-state index in [1.165, 1.54) is 6.07 Å². The summed E-state index contributed by atoms with van der Waals surface area (Å²) < 4.78 is 13.7. The molecule has 0 radical (unpaired) electrons. The van der Waals surface area contributed by atoms with Gasteiger partial charge in [-0.2, -0.15) is 0 Å². The van der Waals surface area contributed by atoms with Crippen LogP contribution < -0.4 is 10.6 Å². The fourth-order valence-corrected chi connectivity index (χ4v) is 3.04. The van der Waals surface area contributed by atoms with Crippen molar-refractivity contribution in [2.24, 2.45) is 0 Å². The molecule has 3 rings (SSSR count). The molecule has 5 nitrogen and oxygen atoms in total. The number of hydrogen-bond acceptors (Lipinski definition) is 3. The maximum Gasteiger partial charge on any atom is 0.317 e. The number of nitrogens with zero attached hydrogens (tertiary/aromatic N) is 2. The molecule has 1 fully saturated rings. The van der Waals surface area contributed by atoms with Crippen molar-refractivity contribution >= 4 is 11.7 Å². The molecule has 6 heteroatoms. The highest BCUT2D eigenvalue weighted by molar-refractivity contribution is 5.74. The average molecular weight is 342 g/mol. The number of nitrogens with one attached hydrogen (secondary N) is 2. The molecule has 25 heavy (non-hydrogen) atoms. The standard InChI is InChI=1S/C19H23FN4O/c1-14(15-6-10-21-11-7-15)22-19(25)24-12-8-16(9-13-24)23-18-5-3-2-4-17(18)20/h2-7,10-11,14,16,23H,8-9,12-13H2,1H3,(H,22,25)/t14-/m0/s1. The van der Waals surface area contributed by atoms with E-state index in [0.29, 0.717) is 18.8 Å². The summed E-state index contributed by atoms with van der Waals surface area (Å²) >= 11 is 0. The van der Waals surface area contributed by atoms with Gasteiger partial charge < -0.3 is 15.5 Å². The first-order valence-electron chi connectivity index (χ1n) is 8.60. The first-order valence-corrected chi connectivity index (χ1v) is 8.60. The summed E-state index contributed by atoms with van der Waals surface area (Å²) in [6.07, 6.45) is 5.03. The monoisotopic (exact) mass is 342 g/mol. The van der Waals surface area contributed by atoms with E-state index in [-0.39, 0.29) is 23.9 Å². The smallest absolute Gasteiger partial charge is 0.317 e. The Hall–Kier alpha value is -2.63. The predicted molar refractivity (Wildman–Crippen MR) is 95.8 cm³/mol. The number of anilines is 1. The number of amides is 2. The lowest BCUT2D eigenvalue weighted by molar-refractivity contribution is 0.180. The molecule has 0 aliphatic carbocycles. The largest absolute Gasteiger partial charge is 0.380 e. The number of carbonyl (C=O) groups excluding carboxylic acids is 1. The predicted octanol–water partition coefficient (Wildman–Crippen LogP) is 3.57. The SMILES string of the molecule is C[C@H](NC(=O)N1CCC(Nc2ccccc2F)CC1)c1ccncc1. The minimum absolute atomic E-state index is 0.0614. The summed E-state index contributed by atoms with van der Waals surface area (Å²) in [4.78, 5) is 18.2. The lowest BCUT2D eigenvalue weighted by Gasteiger charge is -2.33. The topological polar surface area (TPSA) is 57.3 Å². The number of para-hydroxylation sites is 1. The van der Waals surface area contributed by atoms with E-state index in [9.17, 15) is 9.18 Å². The van der Waals surface area contributed by atoms with Crippen LogP contribution in [0.25, 0.3) is 0 Å². The van der Waals surface area contributed by atoms with Gasteiger partial charge in [-0.05, 0) is 49.6 Å². The van der Waals surface area contributed by atoms with Gasteiger partial charge in [-0.1, -0.05) is 12.1 Å². The molecule has 132 valence electrons. The van der Waals surface area contributed by atoms with E-state index < -0.39 is 0 Å². The minimum atomic E-state index is -0.242. The number of urea groups is 1. The third-order valence-corrected chi connectivity index (χ3v) is 4.56. The van der Waals surface area contributed by atoms with Crippen LogP contribution in [0.5, 0.6) is 0 Å². The first kappa shape index (κ1) is 17.2. The van der Waals surface area contributed by atoms with Gasteiger partial charge >= 0.3 is 6.03 Å². The van der Waals surface area contributed by atoms with Crippen molar-refractivity contribution in [3.8, 4) is 0 Å². The molecular formula is C19H23FN4O. The molecule has 1 saturated heterocycles. The Balaban J connectivity index is 1.48. The lowest BCUT2D eigenvalue weighted by Crippen LogP contribution is -2.47. The second-order valence-corrected chi connectivity index (χ2v) is 6.34. The molecule has 0 saturated carbocycles. The van der Waals surface area contributed by atoms with Crippen LogP contribution in [0, 0.1) is 5.82 Å². The van der Waals surface area contributed by atoms with Crippen molar-refractivity contribution in [3.05, 3.63) is 60.2 Å². The number of benzene rings is 1. The maximum atomic E-state index is 13.7. The van der Waals surface area contributed by atoms with Crippen LogP contribution in [0.3, 0.4) is 0 Å². The van der Waals surface area contributed by atoms with Crippen LogP contribution in [-0.4, -0.2) is 35.0 Å². The van der Waals surface area contributed by atoms with Crippen molar-refractivity contribution in [2.45, 2.75) is 31.8 Å². The highest BCUT2D eigenvalue weighted by Gasteiger charge is 2.24. The molecule has 0 spiro atoms. The van der Waals surface area contributed by atoms with Crippen LogP contribution >= 0.6 is 0 Å². The van der Waals surface area contributed by atoms with Gasteiger partial charge in [0, 0.05) is 31.5 Å². The Morgan fingerprint density at radius 1 is 1.20 bits per heavy atom. The zero-order chi connectivity index (χ0) is 17.6. The molecule has 2 aromatic rings. The van der Waals surface area contributed by atoms with E-state index >= 15 is 0 Å². The number of piperidine rings is 1. The summed E-state index contributed by atoms with van der Waals surface area (Å²) in [6.45, 7) is 3.27. The molecule has 1 atom stereocenters. The number of likely N-dealkylation sites (tertiary alicyclic amines) is 1. The maximum absolute atomic E-state index is 13.7. The van der Waals surface area contributed by atoms with E-state index in [1.807, 2.05) is 30.0 Å². The summed E-state index contributed by atoms with van der Waals surface area (Å²) in [5, 5.41) is 6.25. The number of rotatable bonds is 4. The van der Waals surface area contributed by atoms with Crippen molar-refractivity contribution in [2.75, 3.05) is 18.4 Å². The third-order valence-electron chi connectivity index (χ3n) is 4.56. The summed E-state index contributed by atoms with van der Waals surface area (Å²) in [5.41, 5.74) is 1.55. The third kappa shape index (κ3) is 4.47. The van der Waals surface area contributed by atoms with Crippen molar-refractivity contribution in [3.63, 3.8) is 0 Å². The fraction of sp³-hybridized carbons (Fsp3) is 0.368. The minimum Gasteiger partial charge on any atom is -0.380 e. The van der Waals surface area contributed by atoms with Gasteiger partial charge in [0.25, 0.3) is 0 Å². The van der Waals surface area contributed by atoms with Crippen LogP contribution in [0.1, 0.15) is 31.4 Å². The van der Waals surface area contributed by atoms with Crippen LogP contribution in [0.4, 0.5) is 14.9 Å². The van der Waals surface area contributed by atoms with E-state index in [2.05, 4.69) is 15.6 Å². The Kier molecular flexibility index (Phi) is 5.48. The molecule has 2 N–H and O–H groups in total. The molecule has 1 aromatic heterocycles. The van der Waals surface area contributed by atoms with Crippen LogP contribution in [-0.2, 0) is 0 Å². The van der Waals surface area contributed by atoms with Crippen LogP contribution in [0.15, 0.2) is 48.8 Å². The molecule has 0 unspecified atom stereocenters. The first-order chi connectivity index (χ1) is 12.1. The second-order valence-electron chi connectivity index (χ2n) is 6.34. The van der Waals surface area contributed by atoms with Crippen molar-refractivity contribution in [1.82, 2.24) is 15.2 Å². The zero-order valence-corrected chi connectivity index (χ0v) is 14.3. The van der Waals surface area contributed by atoms with Gasteiger partial charge in [0.2, 0.25) is 0 Å². The molecule has 2 amide bonds. The Morgan fingerprint density at radius 2 is 1.88 bits per heavy atom. The van der Waals surface area contributed by atoms with Gasteiger partial charge in [0.1, 0.15) is 5.82 Å². The van der Waals surface area contributed by atoms with Crippen molar-refractivity contribution < 1.29 is 9.18 Å². The summed E-state index contributed by atoms with van der Waals surface area (Å²) in [7, 11) is 0. The number of carbonyl (C=O) groups is 1. The normalized spacial score (nSPS) is 16.3. The van der Waals surface area contributed by atoms with Crippen molar-refractivity contribution in [1.29, 1.82) is 0 Å². The van der Waals surface area contributed by atoms with Gasteiger partial charge in [-0.25, -0.2) is 9.18 Å². The molecule has 0 bridgehead atoms. The molecule has 1 aliphatic rings. The van der Waals surface area contributed by atoms with E-state index in [0.717, 1.165) is 18.4 Å². The fourth-order valence-electron chi connectivity index (χ4n) is 3.04. The Labute approximate surface area is 147 Å². The summed E-state index contributed by atoms with van der Waals surface area (Å²) in [5.74, 6) is -0.242.